The van der Waals surface area contributed by atoms with Crippen LogP contribution < -0.4 is 10.7 Å². The van der Waals surface area contributed by atoms with Gasteiger partial charge in [-0.15, -0.1) is 0 Å². The molecule has 1 aromatic carbocycles. The van der Waals surface area contributed by atoms with Crippen molar-refractivity contribution < 1.29 is 14.3 Å². The van der Waals surface area contributed by atoms with Gasteiger partial charge in [-0.05, 0) is 24.1 Å². The molecule has 0 bridgehead atoms. The van der Waals surface area contributed by atoms with Gasteiger partial charge in [0.2, 0.25) is 5.91 Å². The number of carbonyl (C=O) groups is 2. The third-order valence-corrected chi connectivity index (χ3v) is 3.66. The topological polar surface area (TPSA) is 79.8 Å². The second-order valence-electron chi connectivity index (χ2n) is 5.34. The number of benzene rings is 1. The fraction of sp³-hybridized carbons (Fsp3) is 0.438. The zero-order valence-electron chi connectivity index (χ0n) is 13.1. The first-order valence-electron chi connectivity index (χ1n) is 7.35. The fourth-order valence-electron chi connectivity index (χ4n) is 2.41. The van der Waals surface area contributed by atoms with Gasteiger partial charge in [-0.1, -0.05) is 26.0 Å². The molecule has 0 spiro atoms. The summed E-state index contributed by atoms with van der Waals surface area (Å²) < 4.78 is 5.11. The van der Waals surface area contributed by atoms with Crippen molar-refractivity contribution in [2.45, 2.75) is 32.8 Å². The predicted octanol–water partition coefficient (Wildman–Crippen LogP) is 1.91. The number of anilines is 1. The highest BCUT2D eigenvalue weighted by Gasteiger charge is 2.21. The monoisotopic (exact) mass is 303 g/mol. The van der Waals surface area contributed by atoms with Gasteiger partial charge in [0, 0.05) is 25.1 Å². The van der Waals surface area contributed by atoms with Crippen LogP contribution in [0.3, 0.4) is 0 Å². The Balaban J connectivity index is 2.08. The summed E-state index contributed by atoms with van der Waals surface area (Å²) in [6.07, 6.45) is 0.607. The molecule has 2 N–H and O–H groups in total. The standard InChI is InChI=1S/C16H21N3O3/c1-4-13(22-3)16(21)17-12-7-5-11(6-8-12)15-10(2)9-14(20)18-19-15/h5-8,10,13H,4,9H2,1-3H3,(H,17,21)(H,18,20). The molecule has 0 aromatic heterocycles. The summed E-state index contributed by atoms with van der Waals surface area (Å²) in [6.45, 7) is 3.87. The highest BCUT2D eigenvalue weighted by Crippen LogP contribution is 2.18. The average molecular weight is 303 g/mol. The molecule has 0 saturated heterocycles. The number of ether oxygens (including phenoxy) is 1. The normalized spacial score (nSPS) is 19.1. The van der Waals surface area contributed by atoms with E-state index in [1.165, 1.54) is 7.11 Å². The molecule has 22 heavy (non-hydrogen) atoms. The number of hydrazone groups is 1. The van der Waals surface area contributed by atoms with Crippen LogP contribution in [0.1, 0.15) is 32.3 Å². The van der Waals surface area contributed by atoms with E-state index < -0.39 is 6.10 Å². The largest absolute Gasteiger partial charge is 0.372 e. The van der Waals surface area contributed by atoms with Crippen molar-refractivity contribution in [2.24, 2.45) is 11.0 Å². The summed E-state index contributed by atoms with van der Waals surface area (Å²) in [7, 11) is 1.52. The first-order valence-corrected chi connectivity index (χ1v) is 7.35. The molecule has 0 fully saturated rings. The van der Waals surface area contributed by atoms with Crippen LogP contribution in [-0.4, -0.2) is 30.7 Å². The summed E-state index contributed by atoms with van der Waals surface area (Å²) in [5, 5.41) is 6.94. The smallest absolute Gasteiger partial charge is 0.253 e. The lowest BCUT2D eigenvalue weighted by atomic mass is 9.94. The van der Waals surface area contributed by atoms with Crippen LogP contribution in [0.15, 0.2) is 29.4 Å². The number of hydrogen-bond acceptors (Lipinski definition) is 4. The number of carbonyl (C=O) groups excluding carboxylic acids is 2. The highest BCUT2D eigenvalue weighted by atomic mass is 16.5. The molecule has 6 nitrogen and oxygen atoms in total. The maximum atomic E-state index is 11.9. The lowest BCUT2D eigenvalue weighted by molar-refractivity contribution is -0.125. The van der Waals surface area contributed by atoms with Gasteiger partial charge in [0.25, 0.3) is 5.91 Å². The van der Waals surface area contributed by atoms with Crippen LogP contribution >= 0.6 is 0 Å². The minimum atomic E-state index is -0.447. The van der Waals surface area contributed by atoms with Gasteiger partial charge in [0.1, 0.15) is 6.10 Å². The molecular formula is C16H21N3O3. The third kappa shape index (κ3) is 3.71. The number of rotatable bonds is 5. The quantitative estimate of drug-likeness (QED) is 0.872. The second-order valence-corrected chi connectivity index (χ2v) is 5.34. The summed E-state index contributed by atoms with van der Waals surface area (Å²) >= 11 is 0. The zero-order chi connectivity index (χ0) is 16.1. The number of nitrogens with zero attached hydrogens (tertiary/aromatic N) is 1. The van der Waals surface area contributed by atoms with Crippen LogP contribution in [-0.2, 0) is 14.3 Å². The van der Waals surface area contributed by atoms with Crippen molar-refractivity contribution in [1.29, 1.82) is 0 Å². The molecule has 118 valence electrons. The van der Waals surface area contributed by atoms with Gasteiger partial charge in [-0.2, -0.15) is 5.10 Å². The number of hydrogen-bond donors (Lipinski definition) is 2. The molecule has 1 aliphatic rings. The summed E-state index contributed by atoms with van der Waals surface area (Å²) in [4.78, 5) is 23.2. The van der Waals surface area contributed by atoms with Gasteiger partial charge in [-0.3, -0.25) is 9.59 Å². The minimum absolute atomic E-state index is 0.0645. The lowest BCUT2D eigenvalue weighted by Gasteiger charge is -2.19. The van der Waals surface area contributed by atoms with E-state index >= 15 is 0 Å². The molecule has 0 radical (unpaired) electrons. The molecule has 2 rings (SSSR count). The van der Waals surface area contributed by atoms with Crippen LogP contribution in [0.2, 0.25) is 0 Å². The van der Waals surface area contributed by atoms with Crippen LogP contribution in [0.4, 0.5) is 5.69 Å². The minimum Gasteiger partial charge on any atom is -0.372 e. The Morgan fingerprint density at radius 1 is 1.45 bits per heavy atom. The number of methoxy groups -OCH3 is 1. The van der Waals surface area contributed by atoms with Crippen LogP contribution in [0.5, 0.6) is 0 Å². The second kappa shape index (κ2) is 7.17. The first kappa shape index (κ1) is 16.2. The molecule has 0 saturated carbocycles. The average Bonchev–Trinajstić information content (AvgIpc) is 2.49. The SMILES string of the molecule is CCC(OC)C(=O)Nc1ccc(C2=NNC(=O)CC2C)cc1. The molecule has 1 aliphatic heterocycles. The highest BCUT2D eigenvalue weighted by molar-refractivity contribution is 6.06. The molecule has 2 atom stereocenters. The van der Waals surface area contributed by atoms with E-state index in [4.69, 9.17) is 4.74 Å². The van der Waals surface area contributed by atoms with Gasteiger partial charge in [0.05, 0.1) is 5.71 Å². The summed E-state index contributed by atoms with van der Waals surface area (Å²) in [5.41, 5.74) is 4.99. The van der Waals surface area contributed by atoms with E-state index in [-0.39, 0.29) is 17.7 Å². The number of nitrogens with one attached hydrogen (secondary N) is 2. The van der Waals surface area contributed by atoms with Crippen LogP contribution in [0, 0.1) is 5.92 Å². The van der Waals surface area contributed by atoms with E-state index in [9.17, 15) is 9.59 Å². The zero-order valence-corrected chi connectivity index (χ0v) is 13.1. The Labute approximate surface area is 129 Å². The molecule has 1 aromatic rings. The molecule has 2 amide bonds. The molecule has 1 heterocycles. The molecule has 2 unspecified atom stereocenters. The Bertz CT molecular complexity index is 577. The Morgan fingerprint density at radius 3 is 2.68 bits per heavy atom. The maximum Gasteiger partial charge on any atom is 0.253 e. The van der Waals surface area contributed by atoms with Crippen molar-refractivity contribution in [3.05, 3.63) is 29.8 Å². The molecule has 0 aliphatic carbocycles. The molecule has 6 heteroatoms. The lowest BCUT2D eigenvalue weighted by Crippen LogP contribution is -2.32. The van der Waals surface area contributed by atoms with Gasteiger partial charge in [0.15, 0.2) is 0 Å². The first-order chi connectivity index (χ1) is 10.5. The van der Waals surface area contributed by atoms with Crippen molar-refractivity contribution in [2.75, 3.05) is 12.4 Å². The summed E-state index contributed by atoms with van der Waals surface area (Å²) in [6, 6.07) is 7.41. The van der Waals surface area contributed by atoms with Gasteiger partial charge >= 0.3 is 0 Å². The maximum absolute atomic E-state index is 11.9. The Kier molecular flexibility index (Phi) is 5.27. The van der Waals surface area contributed by atoms with E-state index in [1.54, 1.807) is 0 Å². The molecular weight excluding hydrogens is 282 g/mol. The summed E-state index contributed by atoms with van der Waals surface area (Å²) in [5.74, 6) is -0.147. The Hall–Kier alpha value is -2.21. The van der Waals surface area contributed by atoms with E-state index in [0.29, 0.717) is 18.5 Å². The van der Waals surface area contributed by atoms with Gasteiger partial charge < -0.3 is 10.1 Å². The van der Waals surface area contributed by atoms with Gasteiger partial charge in [-0.25, -0.2) is 5.43 Å². The van der Waals surface area contributed by atoms with Crippen molar-refractivity contribution >= 4 is 23.2 Å². The van der Waals surface area contributed by atoms with Crippen molar-refractivity contribution in [3.8, 4) is 0 Å². The van der Waals surface area contributed by atoms with Crippen molar-refractivity contribution in [1.82, 2.24) is 5.43 Å². The fourth-order valence-corrected chi connectivity index (χ4v) is 2.41. The predicted molar refractivity (Wildman–Crippen MR) is 84.6 cm³/mol. The van der Waals surface area contributed by atoms with Crippen LogP contribution in [0.25, 0.3) is 0 Å². The number of amides is 2. The third-order valence-electron chi connectivity index (χ3n) is 3.66. The van der Waals surface area contributed by atoms with E-state index in [2.05, 4.69) is 15.8 Å². The van der Waals surface area contributed by atoms with Crippen molar-refractivity contribution in [3.63, 3.8) is 0 Å². The van der Waals surface area contributed by atoms with E-state index in [0.717, 1.165) is 11.3 Å². The Morgan fingerprint density at radius 2 is 2.14 bits per heavy atom. The van der Waals surface area contributed by atoms with E-state index in [1.807, 2.05) is 38.1 Å².